The summed E-state index contributed by atoms with van der Waals surface area (Å²) in [6, 6.07) is 2.46. The highest BCUT2D eigenvalue weighted by Crippen LogP contribution is 2.20. The summed E-state index contributed by atoms with van der Waals surface area (Å²) in [5.41, 5.74) is 1.38. The third-order valence-corrected chi connectivity index (χ3v) is 3.47. The molecule has 1 unspecified atom stereocenters. The van der Waals surface area contributed by atoms with Crippen molar-refractivity contribution in [3.63, 3.8) is 0 Å². The second-order valence-electron chi connectivity index (χ2n) is 3.83. The number of nitrogens with one attached hydrogen (secondary N) is 1. The molecule has 82 valence electrons. The Morgan fingerprint density at radius 3 is 2.73 bits per heavy atom. The number of hydrogen-bond acceptors (Lipinski definition) is 2. The standard InChI is InChI=1S/C13H19NS/c1-5-7-13(6-2)14-9-12-8-10(3)15-11(12)4/h2,8,13-14H,5,7,9H2,1,3-4H3. The van der Waals surface area contributed by atoms with Crippen LogP contribution in [0.25, 0.3) is 0 Å². The Bertz CT molecular complexity index is 346. The molecule has 0 aromatic carbocycles. The molecule has 0 saturated heterocycles. The molecule has 1 heterocycles. The van der Waals surface area contributed by atoms with Gasteiger partial charge in [0.2, 0.25) is 0 Å². The summed E-state index contributed by atoms with van der Waals surface area (Å²) in [4.78, 5) is 2.77. The fourth-order valence-corrected chi connectivity index (χ4v) is 2.57. The van der Waals surface area contributed by atoms with E-state index in [1.165, 1.54) is 15.3 Å². The van der Waals surface area contributed by atoms with Crippen LogP contribution in [0.3, 0.4) is 0 Å². The first-order valence-electron chi connectivity index (χ1n) is 5.42. The van der Waals surface area contributed by atoms with Crippen LogP contribution in [0, 0.1) is 26.2 Å². The lowest BCUT2D eigenvalue weighted by molar-refractivity contribution is 0.562. The molecule has 1 aromatic rings. The highest BCUT2D eigenvalue weighted by atomic mass is 32.1. The zero-order chi connectivity index (χ0) is 11.3. The van der Waals surface area contributed by atoms with Crippen molar-refractivity contribution in [1.82, 2.24) is 5.32 Å². The second-order valence-corrected chi connectivity index (χ2v) is 5.29. The summed E-state index contributed by atoms with van der Waals surface area (Å²) in [6.07, 6.45) is 7.64. The van der Waals surface area contributed by atoms with E-state index in [1.54, 1.807) is 0 Å². The van der Waals surface area contributed by atoms with Gasteiger partial charge in [-0.15, -0.1) is 17.8 Å². The van der Waals surface area contributed by atoms with Crippen LogP contribution in [0.2, 0.25) is 0 Å². The van der Waals surface area contributed by atoms with Gasteiger partial charge in [0.15, 0.2) is 0 Å². The van der Waals surface area contributed by atoms with E-state index in [0.29, 0.717) is 0 Å². The fourth-order valence-electron chi connectivity index (χ4n) is 1.63. The molecule has 1 rings (SSSR count). The first-order chi connectivity index (χ1) is 7.17. The molecule has 0 amide bonds. The largest absolute Gasteiger partial charge is 0.300 e. The molecule has 0 fully saturated rings. The fraction of sp³-hybridized carbons (Fsp3) is 0.538. The maximum absolute atomic E-state index is 5.46. The van der Waals surface area contributed by atoms with Crippen LogP contribution in [-0.2, 0) is 6.54 Å². The lowest BCUT2D eigenvalue weighted by atomic mass is 10.1. The van der Waals surface area contributed by atoms with Crippen molar-refractivity contribution in [2.24, 2.45) is 0 Å². The molecular formula is C13H19NS. The molecule has 0 saturated carbocycles. The summed E-state index contributed by atoms with van der Waals surface area (Å²) in [5, 5.41) is 3.41. The Balaban J connectivity index is 2.49. The van der Waals surface area contributed by atoms with Gasteiger partial charge in [-0.3, -0.25) is 5.32 Å². The van der Waals surface area contributed by atoms with Crippen molar-refractivity contribution in [2.45, 2.75) is 46.2 Å². The molecule has 1 nitrogen and oxygen atoms in total. The molecule has 0 aliphatic carbocycles. The van der Waals surface area contributed by atoms with Crippen molar-refractivity contribution < 1.29 is 0 Å². The van der Waals surface area contributed by atoms with Gasteiger partial charge >= 0.3 is 0 Å². The van der Waals surface area contributed by atoms with Crippen molar-refractivity contribution in [2.75, 3.05) is 0 Å². The normalized spacial score (nSPS) is 12.4. The van der Waals surface area contributed by atoms with Crippen molar-refractivity contribution in [3.8, 4) is 12.3 Å². The molecule has 1 N–H and O–H groups in total. The Morgan fingerprint density at radius 1 is 1.53 bits per heavy atom. The zero-order valence-electron chi connectivity index (χ0n) is 9.76. The van der Waals surface area contributed by atoms with Crippen LogP contribution in [0.5, 0.6) is 0 Å². The number of terminal acetylenes is 1. The van der Waals surface area contributed by atoms with Gasteiger partial charge in [0, 0.05) is 16.3 Å². The maximum Gasteiger partial charge on any atom is 0.0689 e. The van der Waals surface area contributed by atoms with Crippen molar-refractivity contribution in [1.29, 1.82) is 0 Å². The number of rotatable bonds is 5. The van der Waals surface area contributed by atoms with Gasteiger partial charge in [0.1, 0.15) is 0 Å². The van der Waals surface area contributed by atoms with E-state index in [4.69, 9.17) is 6.42 Å². The molecule has 0 spiro atoms. The van der Waals surface area contributed by atoms with Gasteiger partial charge in [0.05, 0.1) is 6.04 Å². The second kappa shape index (κ2) is 5.95. The summed E-state index contributed by atoms with van der Waals surface area (Å²) in [6.45, 7) is 7.36. The number of thiophene rings is 1. The average Bonchev–Trinajstić information content (AvgIpc) is 2.52. The average molecular weight is 221 g/mol. The van der Waals surface area contributed by atoms with E-state index in [0.717, 1.165) is 19.4 Å². The van der Waals surface area contributed by atoms with Gasteiger partial charge in [-0.05, 0) is 31.9 Å². The summed E-state index contributed by atoms with van der Waals surface area (Å²) < 4.78 is 0. The predicted molar refractivity (Wildman–Crippen MR) is 68.2 cm³/mol. The van der Waals surface area contributed by atoms with Crippen LogP contribution in [0.1, 0.15) is 35.1 Å². The number of aryl methyl sites for hydroxylation is 2. The lowest BCUT2D eigenvalue weighted by Gasteiger charge is -2.11. The first-order valence-corrected chi connectivity index (χ1v) is 6.24. The quantitative estimate of drug-likeness (QED) is 0.753. The van der Waals surface area contributed by atoms with E-state index < -0.39 is 0 Å². The minimum absolute atomic E-state index is 0.217. The molecule has 1 aromatic heterocycles. The Morgan fingerprint density at radius 2 is 2.27 bits per heavy atom. The summed E-state index contributed by atoms with van der Waals surface area (Å²) in [5.74, 6) is 2.79. The van der Waals surface area contributed by atoms with Gasteiger partial charge in [0.25, 0.3) is 0 Å². The topological polar surface area (TPSA) is 12.0 Å². The minimum Gasteiger partial charge on any atom is -0.300 e. The van der Waals surface area contributed by atoms with Crippen molar-refractivity contribution in [3.05, 3.63) is 21.4 Å². The highest BCUT2D eigenvalue weighted by molar-refractivity contribution is 7.12. The van der Waals surface area contributed by atoms with Crippen LogP contribution in [-0.4, -0.2) is 6.04 Å². The molecule has 0 radical (unpaired) electrons. The van der Waals surface area contributed by atoms with Crippen molar-refractivity contribution >= 4 is 11.3 Å². The highest BCUT2D eigenvalue weighted by Gasteiger charge is 2.06. The molecule has 2 heteroatoms. The summed E-state index contributed by atoms with van der Waals surface area (Å²) >= 11 is 1.85. The monoisotopic (exact) mass is 221 g/mol. The van der Waals surface area contributed by atoms with E-state index in [2.05, 4.69) is 38.1 Å². The summed E-state index contributed by atoms with van der Waals surface area (Å²) in [7, 11) is 0. The first kappa shape index (κ1) is 12.3. The smallest absolute Gasteiger partial charge is 0.0689 e. The van der Waals surface area contributed by atoms with E-state index in [-0.39, 0.29) is 6.04 Å². The molecule has 0 aliphatic rings. The molecule has 0 bridgehead atoms. The molecule has 1 atom stereocenters. The minimum atomic E-state index is 0.217. The zero-order valence-corrected chi connectivity index (χ0v) is 10.6. The van der Waals surface area contributed by atoms with Gasteiger partial charge in [-0.1, -0.05) is 19.3 Å². The predicted octanol–water partition coefficient (Wildman–Crippen LogP) is 3.26. The number of hydrogen-bond donors (Lipinski definition) is 1. The van der Waals surface area contributed by atoms with Crippen LogP contribution in [0.4, 0.5) is 0 Å². The third-order valence-electron chi connectivity index (χ3n) is 2.46. The van der Waals surface area contributed by atoms with Crippen LogP contribution in [0.15, 0.2) is 6.07 Å². The molecule has 15 heavy (non-hydrogen) atoms. The molecular weight excluding hydrogens is 202 g/mol. The molecule has 0 aliphatic heterocycles. The van der Waals surface area contributed by atoms with E-state index in [1.807, 2.05) is 11.3 Å². The van der Waals surface area contributed by atoms with Crippen LogP contribution < -0.4 is 5.32 Å². The SMILES string of the molecule is C#CC(CCC)NCc1cc(C)sc1C. The maximum atomic E-state index is 5.46. The Hall–Kier alpha value is -0.780. The third kappa shape index (κ3) is 3.70. The van der Waals surface area contributed by atoms with E-state index >= 15 is 0 Å². The van der Waals surface area contributed by atoms with Gasteiger partial charge in [-0.2, -0.15) is 0 Å². The lowest BCUT2D eigenvalue weighted by Crippen LogP contribution is -2.26. The van der Waals surface area contributed by atoms with Gasteiger partial charge < -0.3 is 0 Å². The Kier molecular flexibility index (Phi) is 4.87. The van der Waals surface area contributed by atoms with Crippen LogP contribution >= 0.6 is 11.3 Å². The van der Waals surface area contributed by atoms with Gasteiger partial charge in [-0.25, -0.2) is 0 Å². The Labute approximate surface area is 96.9 Å². The van der Waals surface area contributed by atoms with E-state index in [9.17, 15) is 0 Å².